The van der Waals surface area contributed by atoms with E-state index >= 15 is 0 Å². The van der Waals surface area contributed by atoms with Crippen molar-refractivity contribution in [3.05, 3.63) is 216 Å². The van der Waals surface area contributed by atoms with Crippen LogP contribution in [0.2, 0.25) is 0 Å². The largest absolute Gasteiger partial charge is 0.453 e. The molecule has 0 bridgehead atoms. The fourth-order valence-electron chi connectivity index (χ4n) is 10.4. The fraction of sp³-hybridized carbons (Fsp3) is 0.103. The summed E-state index contributed by atoms with van der Waals surface area (Å²) >= 11 is 0. The zero-order chi connectivity index (χ0) is 41.7. The van der Waals surface area contributed by atoms with E-state index in [0.29, 0.717) is 11.5 Å². The van der Waals surface area contributed by atoms with Crippen LogP contribution in [0, 0.1) is 0 Å². The number of fused-ring (bicyclic) bond motifs is 7. The Balaban J connectivity index is 0.964. The van der Waals surface area contributed by atoms with Gasteiger partial charge in [0.2, 0.25) is 0 Å². The van der Waals surface area contributed by atoms with Crippen molar-refractivity contribution in [3.8, 4) is 45.3 Å². The molecule has 0 fully saturated rings. The number of benzene rings is 9. The first-order chi connectivity index (χ1) is 30.2. The van der Waals surface area contributed by atoms with Crippen molar-refractivity contribution < 1.29 is 9.47 Å². The maximum Gasteiger partial charge on any atom is 0.172 e. The third-order valence-electron chi connectivity index (χ3n) is 13.5. The molecule has 0 spiro atoms. The summed E-state index contributed by atoms with van der Waals surface area (Å²) in [5.41, 5.74) is 16.6. The van der Waals surface area contributed by atoms with Gasteiger partial charge in [0.05, 0.1) is 16.8 Å². The molecule has 0 radical (unpaired) electrons. The van der Waals surface area contributed by atoms with Crippen LogP contribution in [0.1, 0.15) is 49.9 Å². The topological polar surface area (TPSA) is 24.9 Å². The molecule has 0 atom stereocenters. The summed E-state index contributed by atoms with van der Waals surface area (Å²) in [7, 11) is 0. The van der Waals surface area contributed by atoms with E-state index in [9.17, 15) is 0 Å². The van der Waals surface area contributed by atoms with Crippen molar-refractivity contribution in [1.82, 2.24) is 0 Å². The number of anilines is 6. The van der Waals surface area contributed by atoms with Gasteiger partial charge in [-0.3, -0.25) is 0 Å². The molecule has 0 amide bonds. The molecule has 1 heterocycles. The first-order valence-electron chi connectivity index (χ1n) is 21.5. The Morgan fingerprint density at radius 3 is 1.37 bits per heavy atom. The lowest BCUT2D eigenvalue weighted by molar-refractivity contribution is 0.439. The molecule has 298 valence electrons. The lowest BCUT2D eigenvalue weighted by atomic mass is 9.82. The predicted molar refractivity (Wildman–Crippen MR) is 255 cm³/mol. The van der Waals surface area contributed by atoms with E-state index in [-0.39, 0.29) is 10.8 Å². The minimum atomic E-state index is -0.130. The summed E-state index contributed by atoms with van der Waals surface area (Å²) < 4.78 is 13.9. The van der Waals surface area contributed by atoms with Crippen molar-refractivity contribution in [3.63, 3.8) is 0 Å². The van der Waals surface area contributed by atoms with Crippen molar-refractivity contribution in [2.45, 2.75) is 38.5 Å². The monoisotopic (exact) mass is 800 g/mol. The maximum atomic E-state index is 6.99. The van der Waals surface area contributed by atoms with E-state index in [1.165, 1.54) is 44.5 Å². The van der Waals surface area contributed by atoms with Gasteiger partial charge >= 0.3 is 0 Å². The summed E-state index contributed by atoms with van der Waals surface area (Å²) in [6.45, 7) is 9.33. The fourth-order valence-corrected chi connectivity index (χ4v) is 10.4. The first-order valence-corrected chi connectivity index (χ1v) is 21.5. The summed E-state index contributed by atoms with van der Waals surface area (Å²) in [5.74, 6) is 2.81. The molecule has 62 heavy (non-hydrogen) atoms. The van der Waals surface area contributed by atoms with E-state index in [4.69, 9.17) is 9.47 Å². The highest BCUT2D eigenvalue weighted by molar-refractivity contribution is 5.99. The predicted octanol–water partition coefficient (Wildman–Crippen LogP) is 16.3. The number of hydrogen-bond acceptors (Lipinski definition) is 4. The average Bonchev–Trinajstić information content (AvgIpc) is 3.58. The minimum Gasteiger partial charge on any atom is -0.453 e. The highest BCUT2D eigenvalue weighted by Gasteiger charge is 2.37. The van der Waals surface area contributed by atoms with Crippen LogP contribution in [0.5, 0.6) is 23.0 Å². The number of hydrogen-bond donors (Lipinski definition) is 0. The summed E-state index contributed by atoms with van der Waals surface area (Å²) in [4.78, 5) is 4.66. The summed E-state index contributed by atoms with van der Waals surface area (Å²) in [6, 6.07) is 69.6. The molecule has 3 aliphatic rings. The quantitative estimate of drug-likeness (QED) is 0.167. The lowest BCUT2D eigenvalue weighted by Gasteiger charge is -2.29. The molecule has 0 N–H and O–H groups in total. The second kappa shape index (κ2) is 13.5. The van der Waals surface area contributed by atoms with Crippen molar-refractivity contribution in [1.29, 1.82) is 0 Å². The number of nitrogens with zero attached hydrogens (tertiary/aromatic N) is 2. The number of ether oxygens (including phenoxy) is 2. The Hall–Kier alpha value is -7.56. The minimum absolute atomic E-state index is 0.128. The van der Waals surface area contributed by atoms with Gasteiger partial charge in [0.25, 0.3) is 0 Å². The summed E-state index contributed by atoms with van der Waals surface area (Å²) in [6.07, 6.45) is 0. The number of rotatable bonds is 6. The van der Waals surface area contributed by atoms with Crippen LogP contribution in [0.3, 0.4) is 0 Å². The molecule has 0 saturated heterocycles. The number of para-hydroxylation sites is 2. The smallest absolute Gasteiger partial charge is 0.172 e. The zero-order valence-electron chi connectivity index (χ0n) is 35.2. The molecule has 4 heteroatoms. The van der Waals surface area contributed by atoms with E-state index < -0.39 is 0 Å². The highest BCUT2D eigenvalue weighted by atomic mass is 16.5. The Morgan fingerprint density at radius 2 is 0.774 bits per heavy atom. The first kappa shape index (κ1) is 36.3. The Morgan fingerprint density at radius 1 is 0.306 bits per heavy atom. The molecule has 4 nitrogen and oxygen atoms in total. The van der Waals surface area contributed by atoms with E-state index in [1.807, 2.05) is 12.1 Å². The van der Waals surface area contributed by atoms with Crippen molar-refractivity contribution in [2.75, 3.05) is 9.80 Å². The van der Waals surface area contributed by atoms with Crippen LogP contribution >= 0.6 is 0 Å². The molecule has 12 rings (SSSR count). The Kier molecular flexibility index (Phi) is 7.89. The van der Waals surface area contributed by atoms with Gasteiger partial charge in [0.1, 0.15) is 11.5 Å². The molecule has 1 aliphatic heterocycles. The van der Waals surface area contributed by atoms with Gasteiger partial charge in [-0.1, -0.05) is 137 Å². The van der Waals surface area contributed by atoms with Crippen molar-refractivity contribution >= 4 is 44.9 Å². The maximum absolute atomic E-state index is 6.99. The normalized spacial score (nSPS) is 14.3. The van der Waals surface area contributed by atoms with Gasteiger partial charge in [-0.05, 0) is 123 Å². The molecule has 9 aromatic rings. The second-order valence-corrected chi connectivity index (χ2v) is 17.8. The molecular weight excluding hydrogens is 757 g/mol. The van der Waals surface area contributed by atoms with Crippen LogP contribution in [0.25, 0.3) is 33.0 Å². The molecule has 0 aromatic heterocycles. The standard InChI is InChI=1S/C58H44N2O2/c1-57(2)48-23-13-11-21-44(48)46-29-26-40(33-50(46)57)59(38-17-7-5-8-18-38)42-28-31-52-54(35-42)62-53-25-15-16-37-32-43(36-55(61-52)56(37)53)60(39-19-9-6-10-20-39)41-27-30-47-45-22-12-14-24-49(45)58(3,4)51(47)34-41/h5-36H,1-4H3. The molecular formula is C58H44N2O2. The molecule has 0 unspecified atom stereocenters. The van der Waals surface area contributed by atoms with Gasteiger partial charge in [0, 0.05) is 45.7 Å². The van der Waals surface area contributed by atoms with E-state index in [2.05, 4.69) is 219 Å². The Labute approximate surface area is 362 Å². The van der Waals surface area contributed by atoms with Gasteiger partial charge in [-0.25, -0.2) is 0 Å². The van der Waals surface area contributed by atoms with Crippen LogP contribution in [0.4, 0.5) is 34.1 Å². The van der Waals surface area contributed by atoms with Crippen LogP contribution < -0.4 is 19.3 Å². The third kappa shape index (κ3) is 5.46. The van der Waals surface area contributed by atoms with Gasteiger partial charge in [0.15, 0.2) is 11.5 Å². The lowest BCUT2D eigenvalue weighted by Crippen LogP contribution is -2.16. The van der Waals surface area contributed by atoms with E-state index in [0.717, 1.165) is 56.4 Å². The van der Waals surface area contributed by atoms with Crippen molar-refractivity contribution in [2.24, 2.45) is 0 Å². The van der Waals surface area contributed by atoms with Gasteiger partial charge < -0.3 is 19.3 Å². The Bertz CT molecular complexity index is 3260. The molecule has 2 aliphatic carbocycles. The third-order valence-corrected chi connectivity index (χ3v) is 13.5. The van der Waals surface area contributed by atoms with Crippen LogP contribution in [-0.4, -0.2) is 0 Å². The average molecular weight is 801 g/mol. The highest BCUT2D eigenvalue weighted by Crippen LogP contribution is 2.54. The van der Waals surface area contributed by atoms with Crippen LogP contribution in [-0.2, 0) is 10.8 Å². The van der Waals surface area contributed by atoms with Crippen LogP contribution in [0.15, 0.2) is 194 Å². The molecule has 9 aromatic carbocycles. The second-order valence-electron chi connectivity index (χ2n) is 17.8. The van der Waals surface area contributed by atoms with Gasteiger partial charge in [-0.15, -0.1) is 0 Å². The summed E-state index contributed by atoms with van der Waals surface area (Å²) in [5, 5.41) is 1.97. The SMILES string of the molecule is CC1(C)c2ccccc2-c2ccc(N(c3ccccc3)c3ccc4c(c3)Oc3cccc5cc(N(c6ccccc6)c6ccc7c(c6)C(C)(C)c6ccccc6-7)cc(c35)O4)cc21. The van der Waals surface area contributed by atoms with E-state index in [1.54, 1.807) is 0 Å². The zero-order valence-corrected chi connectivity index (χ0v) is 35.2. The molecule has 0 saturated carbocycles. The van der Waals surface area contributed by atoms with Gasteiger partial charge in [-0.2, -0.15) is 0 Å².